The van der Waals surface area contributed by atoms with Gasteiger partial charge in [0.25, 0.3) is 21.8 Å². The van der Waals surface area contributed by atoms with Gasteiger partial charge in [-0.2, -0.15) is 5.10 Å². The zero-order chi connectivity index (χ0) is 20.9. The maximum atomic E-state index is 12.9. The first-order valence-electron chi connectivity index (χ1n) is 9.54. The van der Waals surface area contributed by atoms with Crippen molar-refractivity contribution < 1.29 is 18.0 Å². The van der Waals surface area contributed by atoms with Gasteiger partial charge in [0.15, 0.2) is 0 Å². The molecule has 1 saturated carbocycles. The van der Waals surface area contributed by atoms with E-state index in [2.05, 4.69) is 10.4 Å². The predicted molar refractivity (Wildman–Crippen MR) is 109 cm³/mol. The van der Waals surface area contributed by atoms with E-state index in [-0.39, 0.29) is 22.1 Å². The van der Waals surface area contributed by atoms with E-state index in [0.717, 1.165) is 9.87 Å². The van der Waals surface area contributed by atoms with Crippen molar-refractivity contribution >= 4 is 27.5 Å². The minimum Gasteiger partial charge on any atom is -0.322 e. The number of aromatic nitrogens is 2. The Hall–Kier alpha value is -3.46. The average Bonchev–Trinajstić information content (AvgIpc) is 3.37. The number of rotatable bonds is 5. The van der Waals surface area contributed by atoms with Crippen LogP contribution in [0.1, 0.15) is 39.1 Å². The van der Waals surface area contributed by atoms with Crippen LogP contribution in [-0.4, -0.2) is 40.4 Å². The van der Waals surface area contributed by atoms with Crippen LogP contribution in [-0.2, 0) is 16.6 Å². The molecule has 152 valence electrons. The van der Waals surface area contributed by atoms with Gasteiger partial charge in [-0.1, -0.05) is 18.2 Å². The number of carbonyl (C=O) groups is 2. The molecule has 2 amide bonds. The Bertz CT molecular complexity index is 1260. The van der Waals surface area contributed by atoms with Gasteiger partial charge < -0.3 is 5.32 Å². The largest absolute Gasteiger partial charge is 0.322 e. The van der Waals surface area contributed by atoms with Gasteiger partial charge in [0.2, 0.25) is 0 Å². The number of anilines is 1. The van der Waals surface area contributed by atoms with Gasteiger partial charge in [0.05, 0.1) is 12.1 Å². The summed E-state index contributed by atoms with van der Waals surface area (Å²) in [5.74, 6) is -0.956. The van der Waals surface area contributed by atoms with Gasteiger partial charge in [-0.05, 0) is 48.7 Å². The lowest BCUT2D eigenvalue weighted by atomic mass is 10.1. The number of sulfonamides is 1. The van der Waals surface area contributed by atoms with Crippen LogP contribution in [0.25, 0.3) is 0 Å². The van der Waals surface area contributed by atoms with Gasteiger partial charge in [-0.15, -0.1) is 0 Å². The molecule has 1 N–H and O–H groups in total. The second kappa shape index (κ2) is 6.81. The van der Waals surface area contributed by atoms with Gasteiger partial charge in [0.1, 0.15) is 4.90 Å². The third-order valence-corrected chi connectivity index (χ3v) is 7.12. The lowest BCUT2D eigenvalue weighted by Gasteiger charge is -2.13. The van der Waals surface area contributed by atoms with Crippen LogP contribution in [0.2, 0.25) is 0 Å². The third kappa shape index (κ3) is 3.07. The van der Waals surface area contributed by atoms with E-state index in [4.69, 9.17) is 0 Å². The molecule has 0 spiro atoms. The maximum absolute atomic E-state index is 12.9. The number of amides is 2. The molecule has 1 aliphatic heterocycles. The third-order valence-electron chi connectivity index (χ3n) is 5.25. The quantitative estimate of drug-likeness (QED) is 0.681. The van der Waals surface area contributed by atoms with Crippen LogP contribution in [0.3, 0.4) is 0 Å². The topological polar surface area (TPSA) is 101 Å². The Labute approximate surface area is 173 Å². The van der Waals surface area contributed by atoms with Crippen molar-refractivity contribution in [1.82, 2.24) is 14.1 Å². The summed E-state index contributed by atoms with van der Waals surface area (Å²) in [6.07, 6.45) is 4.86. The number of hydrogen-bond donors (Lipinski definition) is 1. The molecule has 5 rings (SSSR count). The minimum atomic E-state index is -3.91. The molecule has 1 aliphatic carbocycles. The van der Waals surface area contributed by atoms with Gasteiger partial charge in [0, 0.05) is 29.7 Å². The van der Waals surface area contributed by atoms with E-state index in [9.17, 15) is 18.0 Å². The molecule has 0 bridgehead atoms. The fraction of sp³-hybridized carbons (Fsp3) is 0.190. The van der Waals surface area contributed by atoms with Crippen LogP contribution in [0.15, 0.2) is 65.8 Å². The molecule has 0 saturated heterocycles. The molecule has 0 unspecified atom stereocenters. The zero-order valence-corrected chi connectivity index (χ0v) is 16.7. The highest BCUT2D eigenvalue weighted by Gasteiger charge is 2.48. The molecule has 30 heavy (non-hydrogen) atoms. The highest BCUT2D eigenvalue weighted by Crippen LogP contribution is 2.39. The van der Waals surface area contributed by atoms with Crippen LogP contribution in [0.4, 0.5) is 5.69 Å². The first-order chi connectivity index (χ1) is 14.4. The van der Waals surface area contributed by atoms with E-state index >= 15 is 0 Å². The number of nitrogens with zero attached hydrogens (tertiary/aromatic N) is 3. The number of nitrogens with one attached hydrogen (secondary N) is 1. The van der Waals surface area contributed by atoms with Crippen LogP contribution in [0.5, 0.6) is 0 Å². The smallest absolute Gasteiger partial charge is 0.269 e. The standard InChI is InChI=1S/C21H18N4O4S/c26-20(23-18-5-2-1-4-15(18)13-24-11-3-10-22-24)14-6-9-17-19(12-14)30(28,29)25(21(17)27)16-7-8-16/h1-6,9-12,16H,7-8,13H2,(H,23,26). The molecule has 1 aromatic heterocycles. The molecule has 0 radical (unpaired) electrons. The lowest BCUT2D eigenvalue weighted by molar-refractivity contribution is 0.0864. The first kappa shape index (κ1) is 18.6. The summed E-state index contributed by atoms with van der Waals surface area (Å²) in [5.41, 5.74) is 1.77. The van der Waals surface area contributed by atoms with Gasteiger partial charge >= 0.3 is 0 Å². The number of benzene rings is 2. The van der Waals surface area contributed by atoms with E-state index in [1.807, 2.05) is 30.5 Å². The maximum Gasteiger partial charge on any atom is 0.269 e. The van der Waals surface area contributed by atoms with Crippen molar-refractivity contribution in [3.63, 3.8) is 0 Å². The fourth-order valence-corrected chi connectivity index (χ4v) is 5.44. The molecular weight excluding hydrogens is 404 g/mol. The molecule has 1 fully saturated rings. The van der Waals surface area contributed by atoms with E-state index in [1.54, 1.807) is 16.9 Å². The van der Waals surface area contributed by atoms with Gasteiger partial charge in [-0.3, -0.25) is 14.3 Å². The Kier molecular flexibility index (Phi) is 4.21. The van der Waals surface area contributed by atoms with Crippen LogP contribution >= 0.6 is 0 Å². The fourth-order valence-electron chi connectivity index (χ4n) is 3.60. The summed E-state index contributed by atoms with van der Waals surface area (Å²) in [6, 6.07) is 13.1. The van der Waals surface area contributed by atoms with Gasteiger partial charge in [-0.25, -0.2) is 12.7 Å². The molecule has 0 atom stereocenters. The summed E-state index contributed by atoms with van der Waals surface area (Å²) in [5, 5.41) is 7.02. The van der Waals surface area contributed by atoms with Crippen LogP contribution in [0, 0.1) is 0 Å². The number of hydrogen-bond acceptors (Lipinski definition) is 5. The molecule has 3 aromatic rings. The predicted octanol–water partition coefficient (Wildman–Crippen LogP) is 2.49. The molecule has 2 aromatic carbocycles. The molecule has 9 heteroatoms. The summed E-state index contributed by atoms with van der Waals surface area (Å²) in [6.45, 7) is 0.479. The Morgan fingerprint density at radius 2 is 1.93 bits per heavy atom. The SMILES string of the molecule is O=C(Nc1ccccc1Cn1cccn1)c1ccc2c(c1)S(=O)(=O)N(C1CC1)C2=O. The lowest BCUT2D eigenvalue weighted by Crippen LogP contribution is -2.31. The Morgan fingerprint density at radius 3 is 2.67 bits per heavy atom. The van der Waals surface area contributed by atoms with Crippen molar-refractivity contribution in [1.29, 1.82) is 0 Å². The number of carbonyl (C=O) groups excluding carboxylic acids is 2. The highest BCUT2D eigenvalue weighted by atomic mass is 32.2. The van der Waals surface area contributed by atoms with Crippen molar-refractivity contribution in [2.45, 2.75) is 30.3 Å². The normalized spacial score (nSPS) is 17.1. The Morgan fingerprint density at radius 1 is 1.13 bits per heavy atom. The monoisotopic (exact) mass is 422 g/mol. The van der Waals surface area contributed by atoms with E-state index in [0.29, 0.717) is 25.1 Å². The summed E-state index contributed by atoms with van der Waals surface area (Å²) in [4.78, 5) is 25.3. The molecule has 2 heterocycles. The number of para-hydroxylation sites is 1. The summed E-state index contributed by atoms with van der Waals surface area (Å²) < 4.78 is 28.3. The van der Waals surface area contributed by atoms with E-state index < -0.39 is 21.8 Å². The highest BCUT2D eigenvalue weighted by molar-refractivity contribution is 7.90. The second-order valence-electron chi connectivity index (χ2n) is 7.36. The number of fused-ring (bicyclic) bond motifs is 1. The summed E-state index contributed by atoms with van der Waals surface area (Å²) >= 11 is 0. The first-order valence-corrected chi connectivity index (χ1v) is 11.0. The molecule has 2 aliphatic rings. The van der Waals surface area contributed by atoms with Crippen molar-refractivity contribution in [2.75, 3.05) is 5.32 Å². The average molecular weight is 422 g/mol. The van der Waals surface area contributed by atoms with Crippen molar-refractivity contribution in [2.24, 2.45) is 0 Å². The summed E-state index contributed by atoms with van der Waals surface area (Å²) in [7, 11) is -3.91. The zero-order valence-electron chi connectivity index (χ0n) is 15.9. The molecular formula is C21H18N4O4S. The van der Waals surface area contributed by atoms with Crippen molar-refractivity contribution in [3.05, 3.63) is 77.6 Å². The second-order valence-corrected chi connectivity index (χ2v) is 9.15. The van der Waals surface area contributed by atoms with Crippen molar-refractivity contribution in [3.8, 4) is 0 Å². The van der Waals surface area contributed by atoms with E-state index in [1.165, 1.54) is 18.2 Å². The minimum absolute atomic E-state index is 0.100. The van der Waals surface area contributed by atoms with Crippen LogP contribution < -0.4 is 5.32 Å². The Balaban J connectivity index is 1.43. The molecule has 8 nitrogen and oxygen atoms in total.